The maximum absolute atomic E-state index is 13.3. The van der Waals surface area contributed by atoms with E-state index in [0.717, 1.165) is 34.6 Å². The van der Waals surface area contributed by atoms with Crippen LogP contribution in [0.3, 0.4) is 0 Å². The minimum atomic E-state index is -0.380. The zero-order valence-corrected chi connectivity index (χ0v) is 22.2. The van der Waals surface area contributed by atoms with Crippen molar-refractivity contribution in [3.63, 3.8) is 0 Å². The molecule has 2 amide bonds. The molecule has 2 atom stereocenters. The van der Waals surface area contributed by atoms with Crippen LogP contribution in [0.4, 0.5) is 10.7 Å². The molecule has 0 aliphatic heterocycles. The molecule has 4 rings (SSSR count). The van der Waals surface area contributed by atoms with E-state index in [4.69, 9.17) is 9.15 Å². The number of ether oxygens (including phenoxy) is 1. The third kappa shape index (κ3) is 6.02. The van der Waals surface area contributed by atoms with Gasteiger partial charge in [-0.1, -0.05) is 19.9 Å². The van der Waals surface area contributed by atoms with Gasteiger partial charge in [-0.25, -0.2) is 4.79 Å². The Morgan fingerprint density at radius 2 is 2.03 bits per heavy atom. The fraction of sp³-hybridized carbons (Fsp3) is 0.370. The molecule has 0 saturated heterocycles. The Kier molecular flexibility index (Phi) is 8.53. The Bertz CT molecular complexity index is 1240. The van der Waals surface area contributed by atoms with E-state index in [9.17, 15) is 14.4 Å². The number of amides is 2. The molecule has 3 aromatic rings. The molecule has 0 bridgehead atoms. The number of hydrogen-bond acceptors (Lipinski definition) is 7. The van der Waals surface area contributed by atoms with Gasteiger partial charge in [0.1, 0.15) is 5.00 Å². The Morgan fingerprint density at radius 1 is 1.19 bits per heavy atom. The number of thioether (sulfide) groups is 1. The average Bonchev–Trinajstić information content (AvgIpc) is 3.51. The highest BCUT2D eigenvalue weighted by atomic mass is 32.2. The molecule has 0 radical (unpaired) electrons. The van der Waals surface area contributed by atoms with Crippen molar-refractivity contribution in [1.82, 2.24) is 0 Å². The molecule has 7 nitrogen and oxygen atoms in total. The van der Waals surface area contributed by atoms with Gasteiger partial charge >= 0.3 is 5.97 Å². The Balaban J connectivity index is 1.49. The maximum Gasteiger partial charge on any atom is 0.341 e. The summed E-state index contributed by atoms with van der Waals surface area (Å²) in [6, 6.07) is 10.6. The largest absolute Gasteiger partial charge is 0.462 e. The molecule has 0 spiro atoms. The van der Waals surface area contributed by atoms with Crippen LogP contribution >= 0.6 is 23.1 Å². The average molecular weight is 527 g/mol. The highest BCUT2D eigenvalue weighted by Crippen LogP contribution is 2.40. The zero-order chi connectivity index (χ0) is 25.7. The van der Waals surface area contributed by atoms with Crippen LogP contribution < -0.4 is 10.6 Å². The van der Waals surface area contributed by atoms with Gasteiger partial charge in [0.25, 0.3) is 5.91 Å². The van der Waals surface area contributed by atoms with Crippen molar-refractivity contribution >= 4 is 51.6 Å². The normalized spacial score (nSPS) is 15.6. The molecule has 2 heterocycles. The lowest BCUT2D eigenvalue weighted by molar-refractivity contribution is -0.115. The summed E-state index contributed by atoms with van der Waals surface area (Å²) in [6.07, 6.45) is 4.79. The molecule has 2 N–H and O–H groups in total. The highest BCUT2D eigenvalue weighted by molar-refractivity contribution is 8.00. The number of carbonyl (C=O) groups is 3. The lowest BCUT2D eigenvalue weighted by atomic mass is 9.88. The second-order valence-corrected chi connectivity index (χ2v) is 11.1. The standard InChI is InChI=1S/C27H30N2O5S2/c1-4-21(35-18-9-6-8-17(15-18)28-24(30)20-10-7-13-34-20)25(31)29-26-23(27(32)33-5-2)19-12-11-16(3)14-22(19)36-26/h6-10,13,15-16,21H,4-5,11-12,14H2,1-3H3,(H,28,30)(H,29,31). The van der Waals surface area contributed by atoms with E-state index in [1.54, 1.807) is 25.1 Å². The number of thiophene rings is 1. The highest BCUT2D eigenvalue weighted by Gasteiger charge is 2.30. The first kappa shape index (κ1) is 26.0. The quantitative estimate of drug-likeness (QED) is 0.247. The molecule has 190 valence electrons. The van der Waals surface area contributed by atoms with Gasteiger partial charge in [-0.3, -0.25) is 9.59 Å². The van der Waals surface area contributed by atoms with Gasteiger partial charge < -0.3 is 19.8 Å². The topological polar surface area (TPSA) is 97.6 Å². The minimum absolute atomic E-state index is 0.162. The second-order valence-electron chi connectivity index (χ2n) is 8.74. The molecular formula is C27H30N2O5S2. The monoisotopic (exact) mass is 526 g/mol. The maximum atomic E-state index is 13.3. The summed E-state index contributed by atoms with van der Waals surface area (Å²) in [5.74, 6) is -0.0989. The van der Waals surface area contributed by atoms with Gasteiger partial charge in [-0.15, -0.1) is 23.1 Å². The number of furan rings is 1. The third-order valence-corrected chi connectivity index (χ3v) is 8.53. The summed E-state index contributed by atoms with van der Waals surface area (Å²) in [6.45, 7) is 6.23. The zero-order valence-electron chi connectivity index (χ0n) is 20.6. The van der Waals surface area contributed by atoms with E-state index in [-0.39, 0.29) is 35.4 Å². The second kappa shape index (κ2) is 11.8. The summed E-state index contributed by atoms with van der Waals surface area (Å²) >= 11 is 2.91. The lowest BCUT2D eigenvalue weighted by Gasteiger charge is -2.18. The van der Waals surface area contributed by atoms with Crippen molar-refractivity contribution in [2.24, 2.45) is 5.92 Å². The van der Waals surface area contributed by atoms with Crippen molar-refractivity contribution in [3.8, 4) is 0 Å². The van der Waals surface area contributed by atoms with Gasteiger partial charge in [-0.2, -0.15) is 0 Å². The van der Waals surface area contributed by atoms with Crippen LogP contribution in [0.15, 0.2) is 52.0 Å². The van der Waals surface area contributed by atoms with Crippen molar-refractivity contribution in [2.75, 3.05) is 17.2 Å². The molecule has 1 aliphatic carbocycles. The number of nitrogens with one attached hydrogen (secondary N) is 2. The van der Waals surface area contributed by atoms with E-state index >= 15 is 0 Å². The summed E-state index contributed by atoms with van der Waals surface area (Å²) < 4.78 is 10.5. The van der Waals surface area contributed by atoms with E-state index < -0.39 is 0 Å². The third-order valence-electron chi connectivity index (χ3n) is 6.01. The van der Waals surface area contributed by atoms with Crippen molar-refractivity contribution in [3.05, 3.63) is 64.4 Å². The molecule has 2 unspecified atom stereocenters. The number of anilines is 2. The first-order valence-corrected chi connectivity index (χ1v) is 13.8. The molecule has 0 saturated carbocycles. The number of carbonyl (C=O) groups excluding carboxylic acids is 3. The van der Waals surface area contributed by atoms with Gasteiger partial charge in [0.15, 0.2) is 5.76 Å². The van der Waals surface area contributed by atoms with Crippen LogP contribution in [0.1, 0.15) is 65.0 Å². The van der Waals surface area contributed by atoms with Crippen LogP contribution in [0.2, 0.25) is 0 Å². The molecule has 1 aliphatic rings. The summed E-state index contributed by atoms with van der Waals surface area (Å²) in [4.78, 5) is 40.4. The lowest BCUT2D eigenvalue weighted by Crippen LogP contribution is -2.25. The predicted molar refractivity (Wildman–Crippen MR) is 143 cm³/mol. The van der Waals surface area contributed by atoms with Crippen LogP contribution in [0, 0.1) is 5.92 Å². The number of rotatable bonds is 9. The molecule has 36 heavy (non-hydrogen) atoms. The number of fused-ring (bicyclic) bond motifs is 1. The van der Waals surface area contributed by atoms with Crippen LogP contribution in [-0.4, -0.2) is 29.6 Å². The fourth-order valence-corrected chi connectivity index (χ4v) is 6.60. The molecule has 9 heteroatoms. The van der Waals surface area contributed by atoms with Gasteiger partial charge in [0.2, 0.25) is 5.91 Å². The van der Waals surface area contributed by atoms with E-state index in [1.807, 2.05) is 25.1 Å². The van der Waals surface area contributed by atoms with E-state index in [0.29, 0.717) is 28.6 Å². The van der Waals surface area contributed by atoms with E-state index in [1.165, 1.54) is 29.4 Å². The first-order valence-electron chi connectivity index (χ1n) is 12.1. The summed E-state index contributed by atoms with van der Waals surface area (Å²) in [5.41, 5.74) is 2.15. The van der Waals surface area contributed by atoms with Crippen molar-refractivity contribution in [1.29, 1.82) is 0 Å². The molecule has 1 aromatic carbocycles. The van der Waals surface area contributed by atoms with Crippen molar-refractivity contribution < 1.29 is 23.5 Å². The van der Waals surface area contributed by atoms with Gasteiger partial charge in [-0.05, 0) is 74.4 Å². The minimum Gasteiger partial charge on any atom is -0.462 e. The van der Waals surface area contributed by atoms with Crippen LogP contribution in [0.25, 0.3) is 0 Å². The summed E-state index contributed by atoms with van der Waals surface area (Å²) in [7, 11) is 0. The Labute approximate surface area is 219 Å². The molecule has 0 fully saturated rings. The number of esters is 1. The SMILES string of the molecule is CCOC(=O)c1c(NC(=O)C(CC)Sc2cccc(NC(=O)c3ccco3)c2)sc2c1CCC(C)C2. The van der Waals surface area contributed by atoms with Gasteiger partial charge in [0, 0.05) is 15.5 Å². The van der Waals surface area contributed by atoms with Gasteiger partial charge in [0.05, 0.1) is 23.7 Å². The van der Waals surface area contributed by atoms with Crippen LogP contribution in [-0.2, 0) is 22.4 Å². The Hall–Kier alpha value is -3.04. The number of benzene rings is 1. The fourth-order valence-electron chi connectivity index (χ4n) is 4.18. The number of hydrogen-bond donors (Lipinski definition) is 2. The first-order chi connectivity index (χ1) is 17.4. The van der Waals surface area contributed by atoms with Crippen molar-refractivity contribution in [2.45, 2.75) is 56.6 Å². The Morgan fingerprint density at radius 3 is 2.75 bits per heavy atom. The molecule has 2 aromatic heterocycles. The smallest absolute Gasteiger partial charge is 0.341 e. The van der Waals surface area contributed by atoms with E-state index in [2.05, 4.69) is 17.6 Å². The predicted octanol–water partition coefficient (Wildman–Crippen LogP) is 6.40. The molecular weight excluding hydrogens is 496 g/mol. The summed E-state index contributed by atoms with van der Waals surface area (Å²) in [5, 5.41) is 6.05. The van der Waals surface area contributed by atoms with Crippen LogP contribution in [0.5, 0.6) is 0 Å².